The van der Waals surface area contributed by atoms with Crippen molar-refractivity contribution in [3.63, 3.8) is 0 Å². The molecule has 1 N–H and O–H groups in total. The van der Waals surface area contributed by atoms with Gasteiger partial charge in [0.05, 0.1) is 11.3 Å². The normalized spacial score (nSPS) is 13.3. The van der Waals surface area contributed by atoms with Crippen molar-refractivity contribution in [3.8, 4) is 0 Å². The minimum Gasteiger partial charge on any atom is -0.349 e. The van der Waals surface area contributed by atoms with Crippen LogP contribution in [0.5, 0.6) is 0 Å². The fourth-order valence-corrected chi connectivity index (χ4v) is 5.40. The molecule has 0 spiro atoms. The van der Waals surface area contributed by atoms with Gasteiger partial charge in [0.25, 0.3) is 5.56 Å². The van der Waals surface area contributed by atoms with Gasteiger partial charge in [-0.15, -0.1) is 0 Å². The molecule has 2 unspecified atom stereocenters. The van der Waals surface area contributed by atoms with Gasteiger partial charge in [-0.05, 0) is 42.4 Å². The maximum Gasteiger partial charge on any atom is 0.257 e. The second-order valence-corrected chi connectivity index (χ2v) is 12.0. The van der Waals surface area contributed by atoms with Gasteiger partial charge in [0.1, 0.15) is 0 Å². The number of hydrogen-bond donors (Lipinski definition) is 1. The second kappa shape index (κ2) is 12.6. The van der Waals surface area contributed by atoms with Gasteiger partial charge in [-0.3, -0.25) is 14.2 Å². The zero-order valence-corrected chi connectivity index (χ0v) is 24.1. The summed E-state index contributed by atoms with van der Waals surface area (Å²) >= 11 is 1.39. The quantitative estimate of drug-likeness (QED) is 0.245. The molecule has 2 aromatic carbocycles. The molecule has 1 aromatic heterocycles. The maximum atomic E-state index is 13.4. The van der Waals surface area contributed by atoms with Crippen LogP contribution in [0.2, 0.25) is 0 Å². The first-order chi connectivity index (χ1) is 17.5. The second-order valence-electron chi connectivity index (χ2n) is 10.8. The van der Waals surface area contributed by atoms with E-state index in [0.717, 1.165) is 36.1 Å². The van der Waals surface area contributed by atoms with Crippen LogP contribution in [0.15, 0.2) is 64.5 Å². The maximum absolute atomic E-state index is 13.4. The standard InChI is InChI=1S/C31H41N3O2S/c1-8-9-15-27(28(35)32-21(2)24-13-11-10-12-14-24)37-30-33-22(3)26(29(36)34(30)7)20-23-16-18-25(19-17-23)31(4,5)6/h10-14,16-19,21,27H,8-9,15,20H2,1-7H3,(H,32,35). The van der Waals surface area contributed by atoms with E-state index in [1.54, 1.807) is 11.6 Å². The number of rotatable bonds is 10. The van der Waals surface area contributed by atoms with Crippen LogP contribution in [0.25, 0.3) is 0 Å². The summed E-state index contributed by atoms with van der Waals surface area (Å²) in [6, 6.07) is 18.3. The number of carbonyl (C=O) groups excluding carboxylic acids is 1. The van der Waals surface area contributed by atoms with Crippen molar-refractivity contribution in [2.24, 2.45) is 7.05 Å². The molecular weight excluding hydrogens is 478 g/mol. The summed E-state index contributed by atoms with van der Waals surface area (Å²) in [6.07, 6.45) is 3.19. The molecule has 0 fully saturated rings. The third-order valence-electron chi connectivity index (χ3n) is 6.77. The number of amides is 1. The fraction of sp³-hybridized carbons (Fsp3) is 0.452. The number of aryl methyl sites for hydroxylation is 1. The van der Waals surface area contributed by atoms with Gasteiger partial charge in [-0.25, -0.2) is 4.98 Å². The zero-order valence-electron chi connectivity index (χ0n) is 23.3. The van der Waals surface area contributed by atoms with Gasteiger partial charge < -0.3 is 5.32 Å². The number of aromatic nitrogens is 2. The van der Waals surface area contributed by atoms with E-state index < -0.39 is 0 Å². The van der Waals surface area contributed by atoms with Crippen LogP contribution in [0.1, 0.15) is 87.9 Å². The summed E-state index contributed by atoms with van der Waals surface area (Å²) in [4.78, 5) is 31.5. The van der Waals surface area contributed by atoms with Gasteiger partial charge >= 0.3 is 0 Å². The molecular formula is C31H41N3O2S. The monoisotopic (exact) mass is 519 g/mol. The highest BCUT2D eigenvalue weighted by Gasteiger charge is 2.24. The molecule has 3 aromatic rings. The molecule has 0 aliphatic heterocycles. The van der Waals surface area contributed by atoms with Gasteiger partial charge in [0.2, 0.25) is 5.91 Å². The van der Waals surface area contributed by atoms with Crippen molar-refractivity contribution >= 4 is 17.7 Å². The Balaban J connectivity index is 1.80. The highest BCUT2D eigenvalue weighted by molar-refractivity contribution is 8.00. The smallest absolute Gasteiger partial charge is 0.257 e. The lowest BCUT2D eigenvalue weighted by Gasteiger charge is -2.21. The number of hydrogen-bond acceptors (Lipinski definition) is 4. The van der Waals surface area contributed by atoms with E-state index in [1.165, 1.54) is 17.3 Å². The highest BCUT2D eigenvalue weighted by Crippen LogP contribution is 2.27. The van der Waals surface area contributed by atoms with E-state index in [0.29, 0.717) is 17.1 Å². The Labute approximate surface area is 226 Å². The van der Waals surface area contributed by atoms with E-state index >= 15 is 0 Å². The molecule has 5 nitrogen and oxygen atoms in total. The van der Waals surface area contributed by atoms with Crippen molar-refractivity contribution in [2.75, 3.05) is 0 Å². The Kier molecular flexibility index (Phi) is 9.77. The molecule has 1 heterocycles. The first-order valence-electron chi connectivity index (χ1n) is 13.2. The van der Waals surface area contributed by atoms with Gasteiger partial charge in [0.15, 0.2) is 5.16 Å². The first kappa shape index (κ1) is 28.7. The summed E-state index contributed by atoms with van der Waals surface area (Å²) in [7, 11) is 1.75. The van der Waals surface area contributed by atoms with Crippen molar-refractivity contribution in [1.29, 1.82) is 0 Å². The molecule has 2 atom stereocenters. The van der Waals surface area contributed by atoms with Crippen LogP contribution in [-0.2, 0) is 23.7 Å². The number of benzene rings is 2. The van der Waals surface area contributed by atoms with Crippen molar-refractivity contribution in [3.05, 3.63) is 92.9 Å². The molecule has 0 saturated heterocycles. The Hall–Kier alpha value is -2.86. The minimum absolute atomic E-state index is 0.0234. The lowest BCUT2D eigenvalue weighted by atomic mass is 9.86. The Morgan fingerprint density at radius 2 is 1.73 bits per heavy atom. The van der Waals surface area contributed by atoms with Gasteiger partial charge in [-0.1, -0.05) is 107 Å². The molecule has 0 bridgehead atoms. The van der Waals surface area contributed by atoms with Crippen LogP contribution in [-0.4, -0.2) is 20.7 Å². The van der Waals surface area contributed by atoms with Crippen molar-refractivity contribution < 1.29 is 4.79 Å². The highest BCUT2D eigenvalue weighted by atomic mass is 32.2. The minimum atomic E-state index is -0.320. The van der Waals surface area contributed by atoms with Crippen molar-refractivity contribution in [2.45, 2.75) is 89.1 Å². The van der Waals surface area contributed by atoms with E-state index in [4.69, 9.17) is 4.98 Å². The lowest BCUT2D eigenvalue weighted by Crippen LogP contribution is -2.35. The van der Waals surface area contributed by atoms with E-state index in [-0.39, 0.29) is 28.2 Å². The molecule has 0 radical (unpaired) electrons. The lowest BCUT2D eigenvalue weighted by molar-refractivity contribution is -0.121. The first-order valence-corrected chi connectivity index (χ1v) is 14.1. The predicted molar refractivity (Wildman–Crippen MR) is 154 cm³/mol. The van der Waals surface area contributed by atoms with Crippen LogP contribution in [0.4, 0.5) is 0 Å². The average Bonchev–Trinajstić information content (AvgIpc) is 2.87. The SMILES string of the molecule is CCCCC(Sc1nc(C)c(Cc2ccc(C(C)(C)C)cc2)c(=O)n1C)C(=O)NC(C)c1ccccc1. The molecule has 6 heteroatoms. The van der Waals surface area contributed by atoms with E-state index in [1.807, 2.05) is 44.2 Å². The number of carbonyl (C=O) groups is 1. The predicted octanol–water partition coefficient (Wildman–Crippen LogP) is 6.51. The van der Waals surface area contributed by atoms with Crippen LogP contribution in [0.3, 0.4) is 0 Å². The number of nitrogens with one attached hydrogen (secondary N) is 1. The fourth-order valence-electron chi connectivity index (χ4n) is 4.26. The topological polar surface area (TPSA) is 64.0 Å². The summed E-state index contributed by atoms with van der Waals surface area (Å²) in [5.41, 5.74) is 4.87. The zero-order chi connectivity index (χ0) is 27.2. The summed E-state index contributed by atoms with van der Waals surface area (Å²) in [6.45, 7) is 12.6. The van der Waals surface area contributed by atoms with Gasteiger partial charge in [-0.2, -0.15) is 0 Å². The summed E-state index contributed by atoms with van der Waals surface area (Å²) in [5.74, 6) is -0.0234. The molecule has 0 aliphatic rings. The molecule has 198 valence electrons. The molecule has 0 saturated carbocycles. The van der Waals surface area contributed by atoms with Crippen molar-refractivity contribution in [1.82, 2.24) is 14.9 Å². The number of nitrogens with zero attached hydrogens (tertiary/aromatic N) is 2. The Morgan fingerprint density at radius 1 is 1.08 bits per heavy atom. The van der Waals surface area contributed by atoms with Crippen LogP contribution < -0.4 is 10.9 Å². The molecule has 1 amide bonds. The Bertz CT molecular complexity index is 1240. The largest absolute Gasteiger partial charge is 0.349 e. The average molecular weight is 520 g/mol. The molecule has 0 aliphatic carbocycles. The third-order valence-corrected chi connectivity index (χ3v) is 8.08. The Morgan fingerprint density at radius 3 is 2.32 bits per heavy atom. The van der Waals surface area contributed by atoms with Gasteiger partial charge in [0, 0.05) is 24.7 Å². The van der Waals surface area contributed by atoms with Crippen LogP contribution in [0, 0.1) is 6.92 Å². The third kappa shape index (κ3) is 7.57. The van der Waals surface area contributed by atoms with E-state index in [2.05, 4.69) is 57.3 Å². The van der Waals surface area contributed by atoms with E-state index in [9.17, 15) is 9.59 Å². The number of unbranched alkanes of at least 4 members (excludes halogenated alkanes) is 1. The summed E-state index contributed by atoms with van der Waals surface area (Å²) < 4.78 is 1.60. The number of thioether (sulfide) groups is 1. The van der Waals surface area contributed by atoms with Crippen LogP contribution >= 0.6 is 11.8 Å². The summed E-state index contributed by atoms with van der Waals surface area (Å²) in [5, 5.41) is 3.42. The molecule has 37 heavy (non-hydrogen) atoms. The molecule has 3 rings (SSSR count).